The van der Waals surface area contributed by atoms with Crippen LogP contribution in [0.2, 0.25) is 5.15 Å². The van der Waals surface area contributed by atoms with Crippen LogP contribution in [-0.2, 0) is 7.05 Å². The number of pyridine rings is 1. The standard InChI is InChI=1S/C13H13BrClN3O/c1-18-12(7-4-2-3-5-7)17-10-8(13(18)19)6-9(15)16-11(10)14/h6-7H,2-5H2,1H3. The third-order valence-electron chi connectivity index (χ3n) is 3.74. The summed E-state index contributed by atoms with van der Waals surface area (Å²) in [5.74, 6) is 1.24. The van der Waals surface area contributed by atoms with E-state index in [1.165, 1.54) is 12.8 Å². The highest BCUT2D eigenvalue weighted by atomic mass is 79.9. The van der Waals surface area contributed by atoms with Crippen molar-refractivity contribution in [3.8, 4) is 0 Å². The molecule has 0 radical (unpaired) electrons. The van der Waals surface area contributed by atoms with Crippen LogP contribution in [0.4, 0.5) is 0 Å². The van der Waals surface area contributed by atoms with Gasteiger partial charge in [-0.15, -0.1) is 0 Å². The van der Waals surface area contributed by atoms with E-state index in [1.807, 2.05) is 0 Å². The summed E-state index contributed by atoms with van der Waals surface area (Å²) in [6.45, 7) is 0. The summed E-state index contributed by atoms with van der Waals surface area (Å²) in [7, 11) is 1.78. The second kappa shape index (κ2) is 4.87. The molecular weight excluding hydrogens is 330 g/mol. The molecule has 4 nitrogen and oxygen atoms in total. The van der Waals surface area contributed by atoms with Gasteiger partial charge >= 0.3 is 0 Å². The summed E-state index contributed by atoms with van der Waals surface area (Å²) in [5, 5.41) is 0.808. The van der Waals surface area contributed by atoms with Crippen molar-refractivity contribution >= 4 is 38.4 Å². The molecule has 0 unspecified atom stereocenters. The van der Waals surface area contributed by atoms with E-state index in [4.69, 9.17) is 11.6 Å². The molecule has 0 aromatic carbocycles. The number of aromatic nitrogens is 3. The van der Waals surface area contributed by atoms with Gasteiger partial charge in [0.1, 0.15) is 21.1 Å². The molecule has 0 N–H and O–H groups in total. The van der Waals surface area contributed by atoms with E-state index in [1.54, 1.807) is 17.7 Å². The molecule has 0 aliphatic heterocycles. The first kappa shape index (κ1) is 13.1. The Morgan fingerprint density at radius 2 is 2.05 bits per heavy atom. The van der Waals surface area contributed by atoms with E-state index < -0.39 is 0 Å². The smallest absolute Gasteiger partial charge is 0.261 e. The lowest BCUT2D eigenvalue weighted by Gasteiger charge is -2.14. The second-order valence-electron chi connectivity index (χ2n) is 4.95. The van der Waals surface area contributed by atoms with E-state index in [0.717, 1.165) is 18.7 Å². The Balaban J connectivity index is 2.31. The van der Waals surface area contributed by atoms with Crippen LogP contribution in [0.5, 0.6) is 0 Å². The third kappa shape index (κ3) is 2.19. The molecule has 2 heterocycles. The fraction of sp³-hybridized carbons (Fsp3) is 0.462. The molecular formula is C13H13BrClN3O. The molecule has 6 heteroatoms. The highest BCUT2D eigenvalue weighted by Gasteiger charge is 2.23. The van der Waals surface area contributed by atoms with Gasteiger partial charge in [-0.3, -0.25) is 9.36 Å². The molecule has 100 valence electrons. The van der Waals surface area contributed by atoms with Crippen molar-refractivity contribution in [2.75, 3.05) is 0 Å². The molecule has 1 aliphatic rings. The molecule has 2 aromatic rings. The fourth-order valence-electron chi connectivity index (χ4n) is 2.77. The number of rotatable bonds is 1. The highest BCUT2D eigenvalue weighted by Crippen LogP contribution is 2.33. The molecule has 0 saturated heterocycles. The minimum Gasteiger partial charge on any atom is -0.299 e. The molecule has 1 fully saturated rings. The minimum absolute atomic E-state index is 0.0584. The largest absolute Gasteiger partial charge is 0.299 e. The summed E-state index contributed by atoms with van der Waals surface area (Å²) in [5.41, 5.74) is 0.548. The van der Waals surface area contributed by atoms with Crippen LogP contribution >= 0.6 is 27.5 Å². The minimum atomic E-state index is -0.0584. The Morgan fingerprint density at radius 3 is 2.74 bits per heavy atom. The molecule has 3 rings (SSSR count). The first-order valence-corrected chi connectivity index (χ1v) is 7.47. The van der Waals surface area contributed by atoms with Crippen LogP contribution < -0.4 is 5.56 Å². The molecule has 0 spiro atoms. The number of halogens is 2. The van der Waals surface area contributed by atoms with Gasteiger partial charge in [-0.05, 0) is 34.8 Å². The van der Waals surface area contributed by atoms with Crippen molar-refractivity contribution < 1.29 is 0 Å². The third-order valence-corrected chi connectivity index (χ3v) is 4.49. The Bertz CT molecular complexity index is 707. The number of fused-ring (bicyclic) bond motifs is 1. The van der Waals surface area contributed by atoms with Crippen molar-refractivity contribution in [3.63, 3.8) is 0 Å². The van der Waals surface area contributed by atoms with E-state index >= 15 is 0 Å². The summed E-state index contributed by atoms with van der Waals surface area (Å²) < 4.78 is 2.19. The average Bonchev–Trinajstić information content (AvgIpc) is 2.88. The maximum atomic E-state index is 12.4. The van der Waals surface area contributed by atoms with Crippen LogP contribution in [0, 0.1) is 0 Å². The van der Waals surface area contributed by atoms with Gasteiger partial charge in [-0.1, -0.05) is 24.4 Å². The monoisotopic (exact) mass is 341 g/mol. The molecule has 19 heavy (non-hydrogen) atoms. The first-order chi connectivity index (χ1) is 9.08. The lowest BCUT2D eigenvalue weighted by Crippen LogP contribution is -2.24. The lowest BCUT2D eigenvalue weighted by atomic mass is 10.1. The predicted molar refractivity (Wildman–Crippen MR) is 78.7 cm³/mol. The Hall–Kier alpha value is -0.940. The van der Waals surface area contributed by atoms with Crippen molar-refractivity contribution in [2.24, 2.45) is 7.05 Å². The lowest BCUT2D eigenvalue weighted by molar-refractivity contribution is 0.611. The highest BCUT2D eigenvalue weighted by molar-refractivity contribution is 9.10. The van der Waals surface area contributed by atoms with Crippen LogP contribution in [0.25, 0.3) is 10.9 Å². The van der Waals surface area contributed by atoms with Crippen molar-refractivity contribution in [1.82, 2.24) is 14.5 Å². The van der Waals surface area contributed by atoms with Crippen LogP contribution in [0.15, 0.2) is 15.5 Å². The SMILES string of the molecule is Cn1c(C2CCCC2)nc2c(Br)nc(Cl)cc2c1=O. The first-order valence-electron chi connectivity index (χ1n) is 6.30. The molecule has 1 aliphatic carbocycles. The summed E-state index contributed by atoms with van der Waals surface area (Å²) in [6.07, 6.45) is 4.62. The maximum absolute atomic E-state index is 12.4. The normalized spacial score (nSPS) is 16.4. The molecule has 0 atom stereocenters. The quantitative estimate of drug-likeness (QED) is 0.746. The zero-order valence-electron chi connectivity index (χ0n) is 10.5. The fourth-order valence-corrected chi connectivity index (χ4v) is 3.56. The molecule has 1 saturated carbocycles. The van der Waals surface area contributed by atoms with E-state index in [9.17, 15) is 4.79 Å². The summed E-state index contributed by atoms with van der Waals surface area (Å²) in [4.78, 5) is 21.2. The van der Waals surface area contributed by atoms with Crippen LogP contribution in [0.1, 0.15) is 37.4 Å². The zero-order chi connectivity index (χ0) is 13.6. The van der Waals surface area contributed by atoms with Crippen molar-refractivity contribution in [2.45, 2.75) is 31.6 Å². The molecule has 2 aromatic heterocycles. The van der Waals surface area contributed by atoms with Gasteiger partial charge < -0.3 is 0 Å². The van der Waals surface area contributed by atoms with Gasteiger partial charge in [0.2, 0.25) is 0 Å². The van der Waals surface area contributed by atoms with Gasteiger partial charge in [0.25, 0.3) is 5.56 Å². The average molecular weight is 343 g/mol. The van der Waals surface area contributed by atoms with Gasteiger partial charge in [0.05, 0.1) is 5.39 Å². The summed E-state index contributed by atoms with van der Waals surface area (Å²) >= 11 is 9.24. The zero-order valence-corrected chi connectivity index (χ0v) is 12.8. The Kier molecular flexibility index (Phi) is 3.35. The van der Waals surface area contributed by atoms with Crippen molar-refractivity contribution in [1.29, 1.82) is 0 Å². The predicted octanol–water partition coefficient (Wildman–Crippen LogP) is 3.40. The van der Waals surface area contributed by atoms with E-state index in [-0.39, 0.29) is 5.56 Å². The molecule has 0 amide bonds. The number of hydrogen-bond donors (Lipinski definition) is 0. The van der Waals surface area contributed by atoms with Gasteiger partial charge in [0, 0.05) is 13.0 Å². The summed E-state index contributed by atoms with van der Waals surface area (Å²) in [6, 6.07) is 1.58. The maximum Gasteiger partial charge on any atom is 0.261 e. The topological polar surface area (TPSA) is 47.8 Å². The Morgan fingerprint density at radius 1 is 1.37 bits per heavy atom. The van der Waals surface area contributed by atoms with E-state index in [0.29, 0.717) is 26.6 Å². The van der Waals surface area contributed by atoms with Gasteiger partial charge in [-0.25, -0.2) is 9.97 Å². The van der Waals surface area contributed by atoms with Crippen LogP contribution in [-0.4, -0.2) is 14.5 Å². The molecule has 0 bridgehead atoms. The number of hydrogen-bond acceptors (Lipinski definition) is 3. The second-order valence-corrected chi connectivity index (χ2v) is 6.09. The van der Waals surface area contributed by atoms with Crippen LogP contribution in [0.3, 0.4) is 0 Å². The number of nitrogens with zero attached hydrogens (tertiary/aromatic N) is 3. The van der Waals surface area contributed by atoms with E-state index in [2.05, 4.69) is 25.9 Å². The van der Waals surface area contributed by atoms with Crippen molar-refractivity contribution in [3.05, 3.63) is 32.0 Å². The van der Waals surface area contributed by atoms with Gasteiger partial charge in [-0.2, -0.15) is 0 Å². The van der Waals surface area contributed by atoms with Gasteiger partial charge in [0.15, 0.2) is 0 Å². The Labute approximate surface area is 123 Å².